The Balaban J connectivity index is 3.04. The molecular weight excluding hydrogens is 210 g/mol. The first kappa shape index (κ1) is 12.2. The molecule has 0 aliphatic heterocycles. The number of rotatable bonds is 3. The minimum atomic E-state index is -1.46. The molecule has 0 aliphatic carbocycles. The normalized spacial score (nSPS) is 13.9. The lowest BCUT2D eigenvalue weighted by atomic mass is 9.93. The molecule has 5 nitrogen and oxygen atoms in total. The van der Waals surface area contributed by atoms with Crippen molar-refractivity contribution < 1.29 is 19.4 Å². The number of hydrogen-bond acceptors (Lipinski definition) is 4. The van der Waals surface area contributed by atoms with E-state index in [0.717, 1.165) is 0 Å². The maximum atomic E-state index is 11.1. The minimum Gasteiger partial charge on any atom is -0.480 e. The number of nitrogens with two attached hydrogens (primary N) is 1. The average molecular weight is 223 g/mol. The summed E-state index contributed by atoms with van der Waals surface area (Å²) in [6.45, 7) is 1.39. The molecular formula is C11H13NO4. The molecule has 0 saturated heterocycles. The van der Waals surface area contributed by atoms with Gasteiger partial charge in [-0.15, -0.1) is 0 Å². The van der Waals surface area contributed by atoms with Gasteiger partial charge in [0.15, 0.2) is 0 Å². The molecule has 0 heterocycles. The van der Waals surface area contributed by atoms with Crippen LogP contribution < -0.4 is 5.73 Å². The van der Waals surface area contributed by atoms with Crippen LogP contribution in [-0.4, -0.2) is 24.2 Å². The van der Waals surface area contributed by atoms with Crippen molar-refractivity contribution in [3.8, 4) is 0 Å². The highest BCUT2D eigenvalue weighted by Crippen LogP contribution is 2.18. The smallest absolute Gasteiger partial charge is 0.337 e. The molecule has 0 fully saturated rings. The SMILES string of the molecule is COC(=O)c1ccc(C(C)(N)C(=O)O)cc1. The van der Waals surface area contributed by atoms with E-state index in [-0.39, 0.29) is 0 Å². The van der Waals surface area contributed by atoms with E-state index in [9.17, 15) is 9.59 Å². The molecule has 0 saturated carbocycles. The van der Waals surface area contributed by atoms with Gasteiger partial charge >= 0.3 is 11.9 Å². The first-order chi connectivity index (χ1) is 7.39. The third-order valence-corrected chi connectivity index (χ3v) is 2.35. The Morgan fingerprint density at radius 1 is 1.31 bits per heavy atom. The number of carbonyl (C=O) groups is 2. The Kier molecular flexibility index (Phi) is 3.29. The number of carboxylic acids is 1. The van der Waals surface area contributed by atoms with Crippen LogP contribution in [0.5, 0.6) is 0 Å². The minimum absolute atomic E-state index is 0.354. The second kappa shape index (κ2) is 4.32. The molecule has 3 N–H and O–H groups in total. The summed E-state index contributed by atoms with van der Waals surface area (Å²) in [4.78, 5) is 22.0. The van der Waals surface area contributed by atoms with Gasteiger partial charge in [0.25, 0.3) is 0 Å². The van der Waals surface area contributed by atoms with Crippen molar-refractivity contribution in [1.82, 2.24) is 0 Å². The molecule has 86 valence electrons. The van der Waals surface area contributed by atoms with Crippen LogP contribution in [0.2, 0.25) is 0 Å². The van der Waals surface area contributed by atoms with Crippen molar-refractivity contribution in [3.63, 3.8) is 0 Å². The lowest BCUT2D eigenvalue weighted by molar-refractivity contribution is -0.143. The maximum Gasteiger partial charge on any atom is 0.337 e. The molecule has 1 rings (SSSR count). The molecule has 1 aromatic carbocycles. The van der Waals surface area contributed by atoms with Crippen molar-refractivity contribution >= 4 is 11.9 Å². The quantitative estimate of drug-likeness (QED) is 0.737. The van der Waals surface area contributed by atoms with Gasteiger partial charge in [0.1, 0.15) is 5.54 Å². The van der Waals surface area contributed by atoms with Crippen LogP contribution in [0.1, 0.15) is 22.8 Å². The molecule has 0 radical (unpaired) electrons. The van der Waals surface area contributed by atoms with Crippen LogP contribution in [0.15, 0.2) is 24.3 Å². The fourth-order valence-corrected chi connectivity index (χ4v) is 1.19. The van der Waals surface area contributed by atoms with E-state index < -0.39 is 17.5 Å². The van der Waals surface area contributed by atoms with Gasteiger partial charge in [-0.3, -0.25) is 0 Å². The topological polar surface area (TPSA) is 89.6 Å². The summed E-state index contributed by atoms with van der Waals surface area (Å²) >= 11 is 0. The Morgan fingerprint density at radius 3 is 2.19 bits per heavy atom. The van der Waals surface area contributed by atoms with Crippen molar-refractivity contribution in [2.75, 3.05) is 7.11 Å². The van der Waals surface area contributed by atoms with E-state index in [1.807, 2.05) is 0 Å². The highest BCUT2D eigenvalue weighted by atomic mass is 16.5. The molecule has 1 atom stereocenters. The molecule has 0 spiro atoms. The van der Waals surface area contributed by atoms with Crippen molar-refractivity contribution in [1.29, 1.82) is 0 Å². The van der Waals surface area contributed by atoms with Crippen molar-refractivity contribution in [2.45, 2.75) is 12.5 Å². The molecule has 16 heavy (non-hydrogen) atoms. The molecule has 5 heteroatoms. The fourth-order valence-electron chi connectivity index (χ4n) is 1.19. The highest BCUT2D eigenvalue weighted by molar-refractivity contribution is 5.89. The second-order valence-electron chi connectivity index (χ2n) is 3.58. The third-order valence-electron chi connectivity index (χ3n) is 2.35. The molecule has 1 aromatic rings. The van der Waals surface area contributed by atoms with Crippen molar-refractivity contribution in [3.05, 3.63) is 35.4 Å². The van der Waals surface area contributed by atoms with Crippen LogP contribution >= 0.6 is 0 Å². The molecule has 1 unspecified atom stereocenters. The van der Waals surface area contributed by atoms with Crippen molar-refractivity contribution in [2.24, 2.45) is 5.73 Å². The van der Waals surface area contributed by atoms with Crippen LogP contribution in [-0.2, 0) is 15.1 Å². The van der Waals surface area contributed by atoms with E-state index in [4.69, 9.17) is 10.8 Å². The highest BCUT2D eigenvalue weighted by Gasteiger charge is 2.30. The fraction of sp³-hybridized carbons (Fsp3) is 0.273. The van der Waals surface area contributed by atoms with Gasteiger partial charge in [0, 0.05) is 0 Å². The zero-order chi connectivity index (χ0) is 12.3. The number of ether oxygens (including phenoxy) is 1. The Labute approximate surface area is 92.8 Å². The predicted molar refractivity (Wildman–Crippen MR) is 57.0 cm³/mol. The first-order valence-corrected chi connectivity index (χ1v) is 4.60. The van der Waals surface area contributed by atoms with Crippen LogP contribution in [0.3, 0.4) is 0 Å². The summed E-state index contributed by atoms with van der Waals surface area (Å²) in [5.74, 6) is -1.60. The number of esters is 1. The predicted octanol–water partition coefficient (Wildman–Crippen LogP) is 0.732. The number of benzene rings is 1. The summed E-state index contributed by atoms with van der Waals surface area (Å²) in [7, 11) is 1.28. The maximum absolute atomic E-state index is 11.1. The first-order valence-electron chi connectivity index (χ1n) is 4.60. The van der Waals surface area contributed by atoms with Gasteiger partial charge in [0.2, 0.25) is 0 Å². The zero-order valence-electron chi connectivity index (χ0n) is 9.06. The summed E-state index contributed by atoms with van der Waals surface area (Å²) in [5, 5.41) is 8.90. The molecule has 0 bridgehead atoms. The summed E-state index contributed by atoms with van der Waals surface area (Å²) < 4.78 is 4.52. The van der Waals surface area contributed by atoms with Gasteiger partial charge in [-0.2, -0.15) is 0 Å². The zero-order valence-corrected chi connectivity index (χ0v) is 9.06. The number of methoxy groups -OCH3 is 1. The third kappa shape index (κ3) is 2.20. The molecule has 0 aliphatic rings. The Bertz CT molecular complexity index is 408. The Hall–Kier alpha value is -1.88. The number of carbonyl (C=O) groups excluding carboxylic acids is 1. The van der Waals surface area contributed by atoms with E-state index in [1.165, 1.54) is 38.3 Å². The summed E-state index contributed by atoms with van der Waals surface area (Å²) in [5.41, 5.74) is 4.94. The molecule has 0 amide bonds. The van der Waals surface area contributed by atoms with Gasteiger partial charge in [-0.05, 0) is 24.6 Å². The standard InChI is InChI=1S/C11H13NO4/c1-11(12,10(14)15)8-5-3-7(4-6-8)9(13)16-2/h3-6H,12H2,1-2H3,(H,14,15). The second-order valence-corrected chi connectivity index (χ2v) is 3.58. The Morgan fingerprint density at radius 2 is 1.81 bits per heavy atom. The van der Waals surface area contributed by atoms with Crippen LogP contribution in [0.4, 0.5) is 0 Å². The van der Waals surface area contributed by atoms with Gasteiger partial charge in [0.05, 0.1) is 12.7 Å². The van der Waals surface area contributed by atoms with E-state index in [1.54, 1.807) is 0 Å². The number of aliphatic carboxylic acids is 1. The monoisotopic (exact) mass is 223 g/mol. The number of hydrogen-bond donors (Lipinski definition) is 2. The van der Waals surface area contributed by atoms with E-state index in [0.29, 0.717) is 11.1 Å². The lowest BCUT2D eigenvalue weighted by Crippen LogP contribution is -2.41. The van der Waals surface area contributed by atoms with E-state index in [2.05, 4.69) is 4.74 Å². The molecule has 0 aromatic heterocycles. The average Bonchev–Trinajstić information content (AvgIpc) is 2.28. The van der Waals surface area contributed by atoms with Gasteiger partial charge < -0.3 is 15.6 Å². The number of carboxylic acid groups (broad SMARTS) is 1. The van der Waals surface area contributed by atoms with E-state index >= 15 is 0 Å². The lowest BCUT2D eigenvalue weighted by Gasteiger charge is -2.19. The van der Waals surface area contributed by atoms with Crippen LogP contribution in [0, 0.1) is 0 Å². The van der Waals surface area contributed by atoms with Gasteiger partial charge in [-0.25, -0.2) is 9.59 Å². The van der Waals surface area contributed by atoms with Gasteiger partial charge in [-0.1, -0.05) is 12.1 Å². The largest absolute Gasteiger partial charge is 0.480 e. The van der Waals surface area contributed by atoms with Crippen LogP contribution in [0.25, 0.3) is 0 Å². The summed E-state index contributed by atoms with van der Waals surface area (Å²) in [6.07, 6.45) is 0. The summed E-state index contributed by atoms with van der Waals surface area (Å²) in [6, 6.07) is 5.96.